The van der Waals surface area contributed by atoms with E-state index < -0.39 is 31.6 Å². The van der Waals surface area contributed by atoms with Crippen LogP contribution in [-0.4, -0.2) is 30.3 Å². The van der Waals surface area contributed by atoms with Crippen molar-refractivity contribution in [1.82, 2.24) is 9.55 Å². The smallest absolute Gasteiger partial charge is 0.417 e. The van der Waals surface area contributed by atoms with Crippen LogP contribution in [0.15, 0.2) is 60.9 Å². The predicted octanol–water partition coefficient (Wildman–Crippen LogP) is 7.68. The van der Waals surface area contributed by atoms with Crippen molar-refractivity contribution in [2.75, 3.05) is 11.9 Å². The first-order valence-electron chi connectivity index (χ1n) is 11.5. The summed E-state index contributed by atoms with van der Waals surface area (Å²) in [6.45, 7) is 7.63. The first-order chi connectivity index (χ1) is 17.6. The largest absolute Gasteiger partial charge is 0.450 e. The molecule has 0 bridgehead atoms. The third-order valence-electron chi connectivity index (χ3n) is 5.31. The van der Waals surface area contributed by atoms with Crippen molar-refractivity contribution in [1.29, 1.82) is 0 Å². The molecule has 0 saturated heterocycles. The zero-order valence-electron chi connectivity index (χ0n) is 20.6. The Morgan fingerprint density at radius 3 is 2.49 bits per heavy atom. The van der Waals surface area contributed by atoms with E-state index in [1.807, 2.05) is 0 Å². The number of hydrogen-bond donors (Lipinski definition) is 1. The number of nitrogens with one attached hydrogen (secondary N) is 1. The van der Waals surface area contributed by atoms with Crippen LogP contribution >= 0.6 is 11.6 Å². The minimum Gasteiger partial charge on any atom is -0.450 e. The van der Waals surface area contributed by atoms with Gasteiger partial charge in [-0.3, -0.25) is 5.32 Å². The molecule has 2 heterocycles. The van der Waals surface area contributed by atoms with Gasteiger partial charge in [-0.1, -0.05) is 49.4 Å². The normalized spacial score (nSPS) is 11.5. The molecule has 1 amide bonds. The second-order valence-corrected chi connectivity index (χ2v) is 15.5. The number of pyridine rings is 1. The molecule has 0 radical (unpaired) electrons. The average molecular weight is 546 g/mol. The Balaban J connectivity index is 1.50. The van der Waals surface area contributed by atoms with Crippen LogP contribution in [0.3, 0.4) is 0 Å². The fourth-order valence-electron chi connectivity index (χ4n) is 3.44. The zero-order valence-corrected chi connectivity index (χ0v) is 22.3. The molecule has 37 heavy (non-hydrogen) atoms. The molecule has 1 N–H and O–H groups in total. The quantitative estimate of drug-likeness (QED) is 0.172. The SMILES string of the molecule is C[Si](C)(C)CCOCn1cc(Cl)c2c(Oc3c(F)cc(NC(=O)Oc4ccccc4)cc3F)ccnc21. The highest BCUT2D eigenvalue weighted by Crippen LogP contribution is 2.37. The van der Waals surface area contributed by atoms with Crippen LogP contribution in [0.1, 0.15) is 0 Å². The zero-order chi connectivity index (χ0) is 26.6. The van der Waals surface area contributed by atoms with E-state index in [2.05, 4.69) is 29.9 Å². The molecule has 0 unspecified atom stereocenters. The number of benzene rings is 2. The van der Waals surface area contributed by atoms with Gasteiger partial charge < -0.3 is 18.8 Å². The van der Waals surface area contributed by atoms with Gasteiger partial charge in [-0.2, -0.15) is 0 Å². The summed E-state index contributed by atoms with van der Waals surface area (Å²) in [6, 6.07) is 12.6. The number of amides is 1. The molecule has 7 nitrogen and oxygen atoms in total. The number of aromatic nitrogens is 2. The first kappa shape index (κ1) is 26.6. The summed E-state index contributed by atoms with van der Waals surface area (Å²) in [5.41, 5.74) is 0.320. The van der Waals surface area contributed by atoms with Crippen LogP contribution in [-0.2, 0) is 11.5 Å². The molecule has 0 spiro atoms. The number of hydrogen-bond acceptors (Lipinski definition) is 5. The molecule has 11 heteroatoms. The van der Waals surface area contributed by atoms with E-state index >= 15 is 0 Å². The second-order valence-electron chi connectivity index (χ2n) is 9.50. The maximum atomic E-state index is 14.9. The summed E-state index contributed by atoms with van der Waals surface area (Å²) in [7, 11) is -1.24. The van der Waals surface area contributed by atoms with Gasteiger partial charge >= 0.3 is 6.09 Å². The molecule has 194 valence electrons. The van der Waals surface area contributed by atoms with Gasteiger partial charge in [0.2, 0.25) is 0 Å². The number of ether oxygens (including phenoxy) is 3. The van der Waals surface area contributed by atoms with E-state index in [4.69, 9.17) is 25.8 Å². The molecule has 4 rings (SSSR count). The van der Waals surface area contributed by atoms with E-state index in [9.17, 15) is 13.6 Å². The van der Waals surface area contributed by atoms with Crippen LogP contribution in [0, 0.1) is 11.6 Å². The van der Waals surface area contributed by atoms with Crippen molar-refractivity contribution in [2.24, 2.45) is 0 Å². The summed E-state index contributed by atoms with van der Waals surface area (Å²) in [5.74, 6) is -2.29. The predicted molar refractivity (Wildman–Crippen MR) is 141 cm³/mol. The fraction of sp³-hybridized carbons (Fsp3) is 0.231. The maximum absolute atomic E-state index is 14.9. The number of para-hydroxylation sites is 1. The number of carbonyl (C=O) groups excluding carboxylic acids is 1. The Hall–Kier alpha value is -3.47. The second kappa shape index (κ2) is 11.3. The molecule has 0 aliphatic carbocycles. The number of anilines is 1. The third kappa shape index (κ3) is 6.85. The van der Waals surface area contributed by atoms with Gasteiger partial charge in [0.05, 0.1) is 16.1 Å². The van der Waals surface area contributed by atoms with Crippen LogP contribution in [0.5, 0.6) is 17.2 Å². The van der Waals surface area contributed by atoms with Gasteiger partial charge in [0.1, 0.15) is 23.9 Å². The summed E-state index contributed by atoms with van der Waals surface area (Å²) in [6.07, 6.45) is 2.20. The van der Waals surface area contributed by atoms with Crippen LogP contribution in [0.25, 0.3) is 11.0 Å². The van der Waals surface area contributed by atoms with Gasteiger partial charge in [0, 0.05) is 39.2 Å². The van der Waals surface area contributed by atoms with Gasteiger partial charge in [0.25, 0.3) is 0 Å². The molecule has 0 atom stereocenters. The van der Waals surface area contributed by atoms with Crippen LogP contribution in [0.4, 0.5) is 19.3 Å². The average Bonchev–Trinajstić information content (AvgIpc) is 3.15. The molecular formula is C26H26ClF2N3O4Si. The first-order valence-corrected chi connectivity index (χ1v) is 15.6. The maximum Gasteiger partial charge on any atom is 0.417 e. The highest BCUT2D eigenvalue weighted by molar-refractivity contribution is 6.76. The topological polar surface area (TPSA) is 74.6 Å². The van der Waals surface area contributed by atoms with E-state index in [1.54, 1.807) is 41.1 Å². The van der Waals surface area contributed by atoms with Crippen molar-refractivity contribution in [2.45, 2.75) is 32.4 Å². The Kier molecular flexibility index (Phi) is 8.11. The van der Waals surface area contributed by atoms with Crippen molar-refractivity contribution < 1.29 is 27.8 Å². The number of halogens is 3. The lowest BCUT2D eigenvalue weighted by molar-refractivity contribution is 0.0899. The van der Waals surface area contributed by atoms with Crippen molar-refractivity contribution >= 4 is 42.5 Å². The fourth-order valence-corrected chi connectivity index (χ4v) is 4.49. The lowest BCUT2D eigenvalue weighted by atomic mass is 10.2. The standard InChI is InChI=1S/C26H26ClF2N3O4Si/c1-37(2,3)12-11-34-16-32-15-19(27)23-22(9-10-30-25(23)32)36-24-20(28)13-17(14-21(24)29)31-26(33)35-18-7-5-4-6-8-18/h4-10,13-15H,11-12,16H2,1-3H3,(H,31,33). The third-order valence-corrected chi connectivity index (χ3v) is 7.30. The van der Waals surface area contributed by atoms with Gasteiger partial charge in [-0.15, -0.1) is 0 Å². The molecule has 0 aliphatic rings. The number of rotatable bonds is 9. The Bertz CT molecular complexity index is 1390. The highest BCUT2D eigenvalue weighted by Gasteiger charge is 2.20. The number of fused-ring (bicyclic) bond motifs is 1. The monoisotopic (exact) mass is 545 g/mol. The molecule has 0 aliphatic heterocycles. The van der Waals surface area contributed by atoms with E-state index in [0.717, 1.165) is 18.2 Å². The Morgan fingerprint density at radius 2 is 1.81 bits per heavy atom. The van der Waals surface area contributed by atoms with Crippen LogP contribution in [0.2, 0.25) is 30.7 Å². The van der Waals surface area contributed by atoms with E-state index in [-0.39, 0.29) is 23.9 Å². The molecule has 2 aromatic heterocycles. The molecule has 0 fully saturated rings. The van der Waals surface area contributed by atoms with E-state index in [1.165, 1.54) is 12.3 Å². The summed E-state index contributed by atoms with van der Waals surface area (Å²) >= 11 is 6.42. The van der Waals surface area contributed by atoms with Crippen molar-refractivity contribution in [3.05, 3.63) is 77.6 Å². The molecule has 2 aromatic carbocycles. The Morgan fingerprint density at radius 1 is 1.11 bits per heavy atom. The minimum absolute atomic E-state index is 0.123. The lowest BCUT2D eigenvalue weighted by Crippen LogP contribution is -2.22. The minimum atomic E-state index is -1.24. The van der Waals surface area contributed by atoms with Gasteiger partial charge in [0.15, 0.2) is 17.4 Å². The van der Waals surface area contributed by atoms with Gasteiger partial charge in [-0.25, -0.2) is 18.6 Å². The molecule has 0 saturated carbocycles. The van der Waals surface area contributed by atoms with Gasteiger partial charge in [-0.05, 0) is 24.2 Å². The van der Waals surface area contributed by atoms with E-state index in [0.29, 0.717) is 22.7 Å². The lowest BCUT2D eigenvalue weighted by Gasteiger charge is -2.15. The van der Waals surface area contributed by atoms with Crippen LogP contribution < -0.4 is 14.8 Å². The highest BCUT2D eigenvalue weighted by atomic mass is 35.5. The Labute approximate surface area is 218 Å². The molecule has 4 aromatic rings. The summed E-state index contributed by atoms with van der Waals surface area (Å²) < 4.78 is 47.9. The number of carbonyl (C=O) groups is 1. The number of nitrogens with zero attached hydrogens (tertiary/aromatic N) is 2. The summed E-state index contributed by atoms with van der Waals surface area (Å²) in [4.78, 5) is 16.4. The summed E-state index contributed by atoms with van der Waals surface area (Å²) in [5, 5.41) is 2.99. The molecular weight excluding hydrogens is 520 g/mol. The van der Waals surface area contributed by atoms with Crippen molar-refractivity contribution in [3.8, 4) is 17.2 Å². The van der Waals surface area contributed by atoms with Crippen molar-refractivity contribution in [3.63, 3.8) is 0 Å².